The quantitative estimate of drug-likeness (QED) is 0.735. The van der Waals surface area contributed by atoms with E-state index >= 15 is 0 Å². The first-order valence-electron chi connectivity index (χ1n) is 6.80. The average Bonchev–Trinajstić information content (AvgIpc) is 2.43. The molecule has 5 heteroatoms. The summed E-state index contributed by atoms with van der Waals surface area (Å²) in [6, 6.07) is 7.81. The first kappa shape index (κ1) is 17.4. The van der Waals surface area contributed by atoms with Gasteiger partial charge in [-0.25, -0.2) is 0 Å². The minimum atomic E-state index is -0.545. The van der Waals surface area contributed by atoms with Gasteiger partial charge in [-0.1, -0.05) is 23.7 Å². The first-order chi connectivity index (χ1) is 9.52. The van der Waals surface area contributed by atoms with Crippen LogP contribution in [0.4, 0.5) is 0 Å². The predicted molar refractivity (Wildman–Crippen MR) is 81.2 cm³/mol. The Morgan fingerprint density at radius 1 is 1.30 bits per heavy atom. The maximum absolute atomic E-state index is 9.86. The third-order valence-electron chi connectivity index (χ3n) is 2.98. The van der Waals surface area contributed by atoms with Gasteiger partial charge in [0.2, 0.25) is 0 Å². The number of benzene rings is 1. The molecule has 0 saturated heterocycles. The van der Waals surface area contributed by atoms with Crippen LogP contribution in [-0.2, 0) is 9.47 Å². The summed E-state index contributed by atoms with van der Waals surface area (Å²) in [7, 11) is 1.63. The van der Waals surface area contributed by atoms with Crippen LogP contribution in [-0.4, -0.2) is 44.2 Å². The summed E-state index contributed by atoms with van der Waals surface area (Å²) in [4.78, 5) is 0. The molecule has 0 radical (unpaired) electrons. The van der Waals surface area contributed by atoms with Gasteiger partial charge in [0, 0.05) is 24.7 Å². The van der Waals surface area contributed by atoms with E-state index in [0.717, 1.165) is 5.56 Å². The van der Waals surface area contributed by atoms with Gasteiger partial charge < -0.3 is 19.9 Å². The summed E-state index contributed by atoms with van der Waals surface area (Å²) in [6.07, 6.45) is -0.559. The molecule has 0 aliphatic rings. The summed E-state index contributed by atoms with van der Waals surface area (Å²) >= 11 is 5.96. The van der Waals surface area contributed by atoms with Crippen LogP contribution in [0.25, 0.3) is 0 Å². The zero-order chi connectivity index (χ0) is 15.0. The molecule has 0 fully saturated rings. The van der Waals surface area contributed by atoms with E-state index in [2.05, 4.69) is 5.32 Å². The molecule has 20 heavy (non-hydrogen) atoms. The molecule has 3 atom stereocenters. The molecule has 0 amide bonds. The smallest absolute Gasteiger partial charge is 0.0898 e. The lowest BCUT2D eigenvalue weighted by molar-refractivity contribution is -0.0315. The van der Waals surface area contributed by atoms with Crippen LogP contribution in [0.3, 0.4) is 0 Å². The van der Waals surface area contributed by atoms with Crippen LogP contribution in [0.5, 0.6) is 0 Å². The predicted octanol–water partition coefficient (Wildman–Crippen LogP) is 2.40. The molecule has 1 rings (SSSR count). The number of hydrogen-bond acceptors (Lipinski definition) is 4. The lowest BCUT2D eigenvalue weighted by Crippen LogP contribution is -2.33. The van der Waals surface area contributed by atoms with E-state index in [9.17, 15) is 5.11 Å². The van der Waals surface area contributed by atoms with Crippen LogP contribution < -0.4 is 5.32 Å². The largest absolute Gasteiger partial charge is 0.389 e. The normalized spacial score (nSPS) is 15.8. The number of rotatable bonds is 9. The monoisotopic (exact) mass is 301 g/mol. The van der Waals surface area contributed by atoms with Gasteiger partial charge in [0.1, 0.15) is 0 Å². The molecule has 0 aliphatic heterocycles. The molecule has 0 aromatic heterocycles. The molecule has 0 spiro atoms. The average molecular weight is 302 g/mol. The van der Waals surface area contributed by atoms with Crippen LogP contribution in [0, 0.1) is 0 Å². The van der Waals surface area contributed by atoms with Crippen LogP contribution in [0.1, 0.15) is 25.5 Å². The maximum atomic E-state index is 9.86. The van der Waals surface area contributed by atoms with Crippen molar-refractivity contribution in [1.29, 1.82) is 0 Å². The Hall–Kier alpha value is -0.650. The summed E-state index contributed by atoms with van der Waals surface area (Å²) < 4.78 is 10.4. The molecule has 2 unspecified atom stereocenters. The molecule has 1 aromatic carbocycles. The first-order valence-corrected chi connectivity index (χ1v) is 7.18. The second kappa shape index (κ2) is 9.32. The fraction of sp³-hybridized carbons (Fsp3) is 0.600. The summed E-state index contributed by atoms with van der Waals surface area (Å²) in [5, 5.41) is 13.8. The fourth-order valence-corrected chi connectivity index (χ4v) is 2.02. The number of hydrogen-bond donors (Lipinski definition) is 2. The fourth-order valence-electron chi connectivity index (χ4n) is 1.82. The zero-order valence-corrected chi connectivity index (χ0v) is 13.1. The highest BCUT2D eigenvalue weighted by Crippen LogP contribution is 2.17. The van der Waals surface area contributed by atoms with Gasteiger partial charge in [0.05, 0.1) is 25.4 Å². The summed E-state index contributed by atoms with van der Waals surface area (Å²) in [6.45, 7) is 5.23. The van der Waals surface area contributed by atoms with Gasteiger partial charge in [-0.15, -0.1) is 0 Å². The van der Waals surface area contributed by atoms with Gasteiger partial charge in [-0.2, -0.15) is 0 Å². The Labute approximate surface area is 126 Å². The molecule has 1 aromatic rings. The number of ether oxygens (including phenoxy) is 2. The Kier molecular flexibility index (Phi) is 8.11. The molecule has 0 aliphatic carbocycles. The van der Waals surface area contributed by atoms with Crippen LogP contribution >= 0.6 is 11.6 Å². The molecule has 0 heterocycles. The van der Waals surface area contributed by atoms with Crippen molar-refractivity contribution in [2.75, 3.05) is 26.9 Å². The van der Waals surface area contributed by atoms with Crippen molar-refractivity contribution in [2.45, 2.75) is 32.1 Å². The van der Waals surface area contributed by atoms with Crippen molar-refractivity contribution in [3.63, 3.8) is 0 Å². The molecule has 2 N–H and O–H groups in total. The highest BCUT2D eigenvalue weighted by Gasteiger charge is 2.11. The van der Waals surface area contributed by atoms with Crippen molar-refractivity contribution in [2.24, 2.45) is 0 Å². The second-order valence-electron chi connectivity index (χ2n) is 4.94. The van der Waals surface area contributed by atoms with E-state index in [4.69, 9.17) is 21.1 Å². The highest BCUT2D eigenvalue weighted by atomic mass is 35.5. The SMILES string of the molecule is COCC(C)OCC(O)CN[C@H](C)c1cccc(Cl)c1. The van der Waals surface area contributed by atoms with Gasteiger partial charge in [0.25, 0.3) is 0 Å². The number of aliphatic hydroxyl groups is 1. The van der Waals surface area contributed by atoms with E-state index in [0.29, 0.717) is 24.8 Å². The zero-order valence-electron chi connectivity index (χ0n) is 12.3. The van der Waals surface area contributed by atoms with E-state index in [1.165, 1.54) is 0 Å². The Bertz CT molecular complexity index is 389. The topological polar surface area (TPSA) is 50.7 Å². The van der Waals surface area contributed by atoms with Gasteiger partial charge in [-0.3, -0.25) is 0 Å². The van der Waals surface area contributed by atoms with Gasteiger partial charge in [0.15, 0.2) is 0 Å². The lowest BCUT2D eigenvalue weighted by atomic mass is 10.1. The minimum Gasteiger partial charge on any atom is -0.389 e. The second-order valence-corrected chi connectivity index (χ2v) is 5.37. The molecular weight excluding hydrogens is 278 g/mol. The van der Waals surface area contributed by atoms with Crippen molar-refractivity contribution in [3.05, 3.63) is 34.9 Å². The molecule has 114 valence electrons. The van der Waals surface area contributed by atoms with Crippen LogP contribution in [0.15, 0.2) is 24.3 Å². The molecule has 0 bridgehead atoms. The van der Waals surface area contributed by atoms with Crippen molar-refractivity contribution >= 4 is 11.6 Å². The van der Waals surface area contributed by atoms with E-state index in [1.807, 2.05) is 38.1 Å². The van der Waals surface area contributed by atoms with E-state index in [1.54, 1.807) is 7.11 Å². The molecule has 4 nitrogen and oxygen atoms in total. The van der Waals surface area contributed by atoms with E-state index in [-0.39, 0.29) is 12.1 Å². The third-order valence-corrected chi connectivity index (χ3v) is 3.22. The number of halogens is 1. The Balaban J connectivity index is 2.28. The van der Waals surface area contributed by atoms with Crippen molar-refractivity contribution in [1.82, 2.24) is 5.32 Å². The Morgan fingerprint density at radius 3 is 2.70 bits per heavy atom. The van der Waals surface area contributed by atoms with Crippen LogP contribution in [0.2, 0.25) is 5.02 Å². The van der Waals surface area contributed by atoms with Gasteiger partial charge >= 0.3 is 0 Å². The molecular formula is C15H24ClNO3. The molecule has 0 saturated carbocycles. The van der Waals surface area contributed by atoms with Gasteiger partial charge in [-0.05, 0) is 31.5 Å². The number of aliphatic hydroxyl groups excluding tert-OH is 1. The summed E-state index contributed by atoms with van der Waals surface area (Å²) in [5.41, 5.74) is 1.10. The third kappa shape index (κ3) is 6.68. The van der Waals surface area contributed by atoms with E-state index < -0.39 is 6.10 Å². The van der Waals surface area contributed by atoms with Crippen molar-refractivity contribution in [3.8, 4) is 0 Å². The number of methoxy groups -OCH3 is 1. The van der Waals surface area contributed by atoms with Crippen molar-refractivity contribution < 1.29 is 14.6 Å². The highest BCUT2D eigenvalue weighted by molar-refractivity contribution is 6.30. The minimum absolute atomic E-state index is 0.0139. The standard InChI is InChI=1S/C15H24ClNO3/c1-11(9-19-3)20-10-15(18)8-17-12(2)13-5-4-6-14(16)7-13/h4-7,11-12,15,17-18H,8-10H2,1-3H3/t11?,12-,15?/m1/s1. The lowest BCUT2D eigenvalue weighted by Gasteiger charge is -2.19. The Morgan fingerprint density at radius 2 is 2.05 bits per heavy atom. The summed E-state index contributed by atoms with van der Waals surface area (Å²) in [5.74, 6) is 0. The number of nitrogens with one attached hydrogen (secondary N) is 1. The maximum Gasteiger partial charge on any atom is 0.0898 e.